The van der Waals surface area contributed by atoms with Crippen molar-refractivity contribution in [3.05, 3.63) is 53.5 Å². The Labute approximate surface area is 138 Å². The average Bonchev–Trinajstić information content (AvgIpc) is 2.78. The van der Waals surface area contributed by atoms with Crippen LogP contribution in [-0.4, -0.2) is 29.9 Å². The monoisotopic (exact) mass is 334 g/mol. The van der Waals surface area contributed by atoms with Gasteiger partial charge in [-0.1, -0.05) is 12.1 Å². The van der Waals surface area contributed by atoms with E-state index in [0.717, 1.165) is 17.5 Å². The number of nitrogens with zero attached hydrogens (tertiary/aromatic N) is 2. The first-order valence-corrected chi connectivity index (χ1v) is 7.93. The van der Waals surface area contributed by atoms with Gasteiger partial charge in [-0.25, -0.2) is 9.37 Å². The normalized spacial score (nSPS) is 13.9. The minimum Gasteiger partial charge on any atom is -0.476 e. The first-order chi connectivity index (χ1) is 11.2. The summed E-state index contributed by atoms with van der Waals surface area (Å²) in [7, 11) is 0. The third-order valence-corrected chi connectivity index (χ3v) is 3.91. The lowest BCUT2D eigenvalue weighted by Gasteiger charge is -2.20. The standard InChI is InChI=1S/C17H16ClFN2O2/c18-10-16(22)21-6-1-7-23-17-15(21)9-13(11-20-17)8-12-2-4-14(19)5-3-12/h2-5,9,11H,1,6-8,10H2. The van der Waals surface area contributed by atoms with E-state index in [9.17, 15) is 9.18 Å². The summed E-state index contributed by atoms with van der Waals surface area (Å²) in [5, 5.41) is 0. The van der Waals surface area contributed by atoms with E-state index in [1.807, 2.05) is 6.07 Å². The number of aromatic nitrogens is 1. The summed E-state index contributed by atoms with van der Waals surface area (Å²) in [6.45, 7) is 1.07. The minimum absolute atomic E-state index is 0.0817. The third-order valence-electron chi connectivity index (χ3n) is 3.68. The molecule has 0 saturated heterocycles. The number of anilines is 1. The van der Waals surface area contributed by atoms with Gasteiger partial charge in [-0.3, -0.25) is 4.79 Å². The maximum atomic E-state index is 13.0. The van der Waals surface area contributed by atoms with Gasteiger partial charge in [0.25, 0.3) is 0 Å². The van der Waals surface area contributed by atoms with Crippen LogP contribution in [0.25, 0.3) is 0 Å². The summed E-state index contributed by atoms with van der Waals surface area (Å²) in [4.78, 5) is 18.0. The molecule has 2 heterocycles. The van der Waals surface area contributed by atoms with Crippen LogP contribution in [0, 0.1) is 5.82 Å². The predicted octanol–water partition coefficient (Wildman–Crippen LogP) is 3.17. The van der Waals surface area contributed by atoms with Crippen LogP contribution >= 0.6 is 11.6 Å². The van der Waals surface area contributed by atoms with Crippen molar-refractivity contribution in [1.29, 1.82) is 0 Å². The molecule has 23 heavy (non-hydrogen) atoms. The zero-order chi connectivity index (χ0) is 16.2. The Kier molecular flexibility index (Phi) is 4.76. The molecule has 0 atom stereocenters. The Hall–Kier alpha value is -2.14. The van der Waals surface area contributed by atoms with Gasteiger partial charge in [-0.15, -0.1) is 11.6 Å². The van der Waals surface area contributed by atoms with Gasteiger partial charge in [0, 0.05) is 12.7 Å². The number of halogens is 2. The molecule has 0 aliphatic carbocycles. The lowest BCUT2D eigenvalue weighted by molar-refractivity contribution is -0.116. The predicted molar refractivity (Wildman–Crippen MR) is 86.6 cm³/mol. The van der Waals surface area contributed by atoms with E-state index < -0.39 is 0 Å². The molecule has 1 aromatic carbocycles. The highest BCUT2D eigenvalue weighted by molar-refractivity contribution is 6.29. The molecule has 0 saturated carbocycles. The molecule has 1 aliphatic heterocycles. The van der Waals surface area contributed by atoms with Gasteiger partial charge in [0.05, 0.1) is 6.61 Å². The molecule has 0 spiro atoms. The average molecular weight is 335 g/mol. The van der Waals surface area contributed by atoms with E-state index in [2.05, 4.69) is 4.98 Å². The molecule has 1 aromatic heterocycles. The maximum Gasteiger partial charge on any atom is 0.242 e. The van der Waals surface area contributed by atoms with Gasteiger partial charge in [0.2, 0.25) is 11.8 Å². The zero-order valence-corrected chi connectivity index (χ0v) is 13.2. The molecule has 2 aromatic rings. The molecule has 0 radical (unpaired) electrons. The van der Waals surface area contributed by atoms with E-state index in [1.54, 1.807) is 23.2 Å². The highest BCUT2D eigenvalue weighted by Gasteiger charge is 2.23. The lowest BCUT2D eigenvalue weighted by atomic mass is 10.1. The van der Waals surface area contributed by atoms with E-state index in [-0.39, 0.29) is 17.6 Å². The second kappa shape index (κ2) is 6.96. The molecule has 1 amide bonds. The van der Waals surface area contributed by atoms with Gasteiger partial charge < -0.3 is 9.64 Å². The Morgan fingerprint density at radius 3 is 2.83 bits per heavy atom. The van der Waals surface area contributed by atoms with Crippen molar-refractivity contribution in [3.8, 4) is 5.88 Å². The Morgan fingerprint density at radius 1 is 1.30 bits per heavy atom. The number of pyridine rings is 1. The van der Waals surface area contributed by atoms with Crippen LogP contribution in [-0.2, 0) is 11.2 Å². The van der Waals surface area contributed by atoms with Gasteiger partial charge in [0.15, 0.2) is 0 Å². The van der Waals surface area contributed by atoms with Gasteiger partial charge in [-0.05, 0) is 42.2 Å². The van der Waals surface area contributed by atoms with Crippen LogP contribution in [0.4, 0.5) is 10.1 Å². The number of alkyl halides is 1. The fourth-order valence-corrected chi connectivity index (χ4v) is 2.71. The van der Waals surface area contributed by atoms with Crippen molar-refractivity contribution in [2.45, 2.75) is 12.8 Å². The Bertz CT molecular complexity index is 706. The smallest absolute Gasteiger partial charge is 0.242 e. The van der Waals surface area contributed by atoms with Crippen molar-refractivity contribution in [1.82, 2.24) is 4.98 Å². The summed E-state index contributed by atoms with van der Waals surface area (Å²) in [5.74, 6) is -0.0641. The zero-order valence-electron chi connectivity index (χ0n) is 12.5. The molecule has 4 nitrogen and oxygen atoms in total. The summed E-state index contributed by atoms with van der Waals surface area (Å²) < 4.78 is 18.6. The minimum atomic E-state index is -0.263. The largest absolute Gasteiger partial charge is 0.476 e. The lowest BCUT2D eigenvalue weighted by Crippen LogP contribution is -2.32. The van der Waals surface area contributed by atoms with Crippen molar-refractivity contribution in [2.24, 2.45) is 0 Å². The number of carbonyl (C=O) groups excluding carboxylic acids is 1. The molecule has 3 rings (SSSR count). The number of hydrogen-bond acceptors (Lipinski definition) is 3. The van der Waals surface area contributed by atoms with Crippen molar-refractivity contribution >= 4 is 23.2 Å². The van der Waals surface area contributed by atoms with E-state index in [4.69, 9.17) is 16.3 Å². The summed E-state index contributed by atoms with van der Waals surface area (Å²) >= 11 is 5.70. The first-order valence-electron chi connectivity index (χ1n) is 7.40. The van der Waals surface area contributed by atoms with Crippen molar-refractivity contribution in [3.63, 3.8) is 0 Å². The molecule has 0 N–H and O–H groups in total. The SMILES string of the molecule is O=C(CCl)N1CCCOc2ncc(Cc3ccc(F)cc3)cc21. The highest BCUT2D eigenvalue weighted by Crippen LogP contribution is 2.30. The Balaban J connectivity index is 1.90. The highest BCUT2D eigenvalue weighted by atomic mass is 35.5. The second-order valence-electron chi connectivity index (χ2n) is 5.35. The van der Waals surface area contributed by atoms with Crippen LogP contribution < -0.4 is 9.64 Å². The number of rotatable bonds is 3. The number of carbonyl (C=O) groups is 1. The van der Waals surface area contributed by atoms with Gasteiger partial charge in [-0.2, -0.15) is 0 Å². The molecule has 1 aliphatic rings. The number of benzene rings is 1. The fourth-order valence-electron chi connectivity index (χ4n) is 2.56. The molecule has 0 fully saturated rings. The van der Waals surface area contributed by atoms with Gasteiger partial charge >= 0.3 is 0 Å². The van der Waals surface area contributed by atoms with Crippen LogP contribution in [0.3, 0.4) is 0 Å². The molecule has 0 bridgehead atoms. The number of fused-ring (bicyclic) bond motifs is 1. The molecule has 0 unspecified atom stereocenters. The molecular weight excluding hydrogens is 319 g/mol. The number of hydrogen-bond donors (Lipinski definition) is 0. The van der Waals surface area contributed by atoms with Crippen LogP contribution in [0.1, 0.15) is 17.5 Å². The molecular formula is C17H16ClFN2O2. The van der Waals surface area contributed by atoms with Crippen LogP contribution in [0.15, 0.2) is 36.5 Å². The summed E-state index contributed by atoms with van der Waals surface area (Å²) in [6.07, 6.45) is 3.05. The van der Waals surface area contributed by atoms with Crippen molar-refractivity contribution < 1.29 is 13.9 Å². The fraction of sp³-hybridized carbons (Fsp3) is 0.294. The van der Waals surface area contributed by atoms with E-state index >= 15 is 0 Å². The third kappa shape index (κ3) is 3.62. The molecule has 6 heteroatoms. The quantitative estimate of drug-likeness (QED) is 0.810. The van der Waals surface area contributed by atoms with Crippen LogP contribution in [0.5, 0.6) is 5.88 Å². The summed E-state index contributed by atoms with van der Waals surface area (Å²) in [6, 6.07) is 8.22. The maximum absolute atomic E-state index is 13.0. The topological polar surface area (TPSA) is 42.4 Å². The number of amides is 1. The van der Waals surface area contributed by atoms with Gasteiger partial charge in [0.1, 0.15) is 17.4 Å². The van der Waals surface area contributed by atoms with Crippen molar-refractivity contribution in [2.75, 3.05) is 23.9 Å². The second-order valence-corrected chi connectivity index (χ2v) is 5.62. The van der Waals surface area contributed by atoms with E-state index in [0.29, 0.717) is 31.1 Å². The van der Waals surface area contributed by atoms with E-state index in [1.165, 1.54) is 12.1 Å². The Morgan fingerprint density at radius 2 is 2.09 bits per heavy atom. The number of ether oxygens (including phenoxy) is 1. The first kappa shape index (κ1) is 15.7. The molecule has 120 valence electrons. The van der Waals surface area contributed by atoms with Crippen LogP contribution in [0.2, 0.25) is 0 Å². The summed E-state index contributed by atoms with van der Waals surface area (Å²) in [5.41, 5.74) is 2.54.